The Balaban J connectivity index is 1.87. The SMILES string of the molecule is Cc1ccc(NC(=S)N(CC[NH+](C)C)Cc2cc3cc(C)ccc3[nH]c2=O)c(C)c1. The summed E-state index contributed by atoms with van der Waals surface area (Å²) in [6.07, 6.45) is 0. The molecular weight excluding hydrogens is 392 g/mol. The van der Waals surface area contributed by atoms with Gasteiger partial charge in [0.15, 0.2) is 5.11 Å². The summed E-state index contributed by atoms with van der Waals surface area (Å²) < 4.78 is 0. The van der Waals surface area contributed by atoms with E-state index in [1.165, 1.54) is 16.0 Å². The van der Waals surface area contributed by atoms with Crippen molar-refractivity contribution in [3.63, 3.8) is 0 Å². The summed E-state index contributed by atoms with van der Waals surface area (Å²) in [5.74, 6) is 0. The lowest BCUT2D eigenvalue weighted by atomic mass is 10.1. The lowest BCUT2D eigenvalue weighted by Crippen LogP contribution is -3.06. The molecule has 0 bridgehead atoms. The number of hydrogen-bond acceptors (Lipinski definition) is 2. The second-order valence-corrected chi connectivity index (χ2v) is 8.73. The van der Waals surface area contributed by atoms with E-state index in [-0.39, 0.29) is 5.56 Å². The van der Waals surface area contributed by atoms with Crippen LogP contribution in [-0.2, 0) is 6.54 Å². The number of nitrogens with zero attached hydrogens (tertiary/aromatic N) is 1. The molecule has 0 saturated heterocycles. The van der Waals surface area contributed by atoms with Crippen LogP contribution in [-0.4, -0.2) is 42.2 Å². The standard InChI is InChI=1S/C24H30N4OS/c1-16-6-8-21(18(3)12-16)26-24(30)28(11-10-27(4)5)15-20-14-19-13-17(2)7-9-22(19)25-23(20)29/h6-9,12-14H,10-11,15H2,1-5H3,(H,25,29)(H,26,30)/p+1. The zero-order valence-corrected chi connectivity index (χ0v) is 19.2. The van der Waals surface area contributed by atoms with Gasteiger partial charge < -0.3 is 20.1 Å². The number of benzene rings is 2. The van der Waals surface area contributed by atoms with Crippen LogP contribution in [0.25, 0.3) is 10.9 Å². The van der Waals surface area contributed by atoms with E-state index in [4.69, 9.17) is 12.2 Å². The molecule has 1 aromatic heterocycles. The fourth-order valence-corrected chi connectivity index (χ4v) is 3.72. The summed E-state index contributed by atoms with van der Waals surface area (Å²) in [7, 11) is 4.23. The predicted octanol–water partition coefficient (Wildman–Crippen LogP) is 2.80. The molecule has 0 saturated carbocycles. The number of aryl methyl sites for hydroxylation is 3. The van der Waals surface area contributed by atoms with E-state index in [1.807, 2.05) is 18.2 Å². The molecular formula is C24H31N4OS+. The highest BCUT2D eigenvalue weighted by Gasteiger charge is 2.15. The van der Waals surface area contributed by atoms with Crippen LogP contribution in [0.15, 0.2) is 47.3 Å². The molecule has 1 heterocycles. The smallest absolute Gasteiger partial charge is 0.253 e. The van der Waals surface area contributed by atoms with Crippen molar-refractivity contribution in [3.8, 4) is 0 Å². The third-order valence-electron chi connectivity index (χ3n) is 5.23. The van der Waals surface area contributed by atoms with Gasteiger partial charge in [-0.15, -0.1) is 0 Å². The van der Waals surface area contributed by atoms with Gasteiger partial charge >= 0.3 is 0 Å². The molecule has 0 aliphatic rings. The number of likely N-dealkylation sites (N-methyl/N-ethyl adjacent to an activating group) is 1. The van der Waals surface area contributed by atoms with Gasteiger partial charge in [-0.2, -0.15) is 0 Å². The second-order valence-electron chi connectivity index (χ2n) is 8.34. The topological polar surface area (TPSA) is 52.6 Å². The minimum atomic E-state index is -0.0668. The van der Waals surface area contributed by atoms with Crippen LogP contribution in [0.2, 0.25) is 0 Å². The molecule has 2 aromatic carbocycles. The Hall–Kier alpha value is -2.70. The maximum Gasteiger partial charge on any atom is 0.253 e. The van der Waals surface area contributed by atoms with Gasteiger partial charge in [-0.25, -0.2) is 0 Å². The van der Waals surface area contributed by atoms with Crippen LogP contribution >= 0.6 is 12.2 Å². The molecule has 0 aliphatic carbocycles. The van der Waals surface area contributed by atoms with E-state index >= 15 is 0 Å². The minimum Gasteiger partial charge on any atom is -0.339 e. The number of pyridine rings is 1. The lowest BCUT2D eigenvalue weighted by molar-refractivity contribution is -0.857. The molecule has 0 amide bonds. The van der Waals surface area contributed by atoms with Gasteiger partial charge in [-0.3, -0.25) is 4.79 Å². The molecule has 5 nitrogen and oxygen atoms in total. The van der Waals surface area contributed by atoms with Crippen LogP contribution < -0.4 is 15.8 Å². The number of fused-ring (bicyclic) bond motifs is 1. The van der Waals surface area contributed by atoms with Crippen molar-refractivity contribution in [1.82, 2.24) is 9.88 Å². The number of thiocarbonyl (C=S) groups is 1. The molecule has 0 unspecified atom stereocenters. The van der Waals surface area contributed by atoms with Crippen molar-refractivity contribution in [3.05, 3.63) is 75.1 Å². The highest BCUT2D eigenvalue weighted by atomic mass is 32.1. The number of aromatic amines is 1. The van der Waals surface area contributed by atoms with Crippen molar-refractivity contribution in [1.29, 1.82) is 0 Å². The summed E-state index contributed by atoms with van der Waals surface area (Å²) in [6.45, 7) is 8.34. The van der Waals surface area contributed by atoms with Gasteiger partial charge in [0.1, 0.15) is 0 Å². The van der Waals surface area contributed by atoms with Crippen molar-refractivity contribution < 1.29 is 4.90 Å². The van der Waals surface area contributed by atoms with Gasteiger partial charge in [-0.1, -0.05) is 29.3 Å². The molecule has 0 atom stereocenters. The van der Waals surface area contributed by atoms with Crippen molar-refractivity contribution >= 4 is 33.9 Å². The summed E-state index contributed by atoms with van der Waals surface area (Å²) in [6, 6.07) is 14.3. The molecule has 6 heteroatoms. The number of H-pyrrole nitrogens is 1. The first-order valence-electron chi connectivity index (χ1n) is 10.3. The fourth-order valence-electron chi connectivity index (χ4n) is 3.45. The quantitative estimate of drug-likeness (QED) is 0.534. The third-order valence-corrected chi connectivity index (χ3v) is 5.59. The van der Waals surface area contributed by atoms with Gasteiger partial charge in [-0.05, 0) is 68.2 Å². The zero-order chi connectivity index (χ0) is 21.8. The van der Waals surface area contributed by atoms with Crippen LogP contribution in [0.1, 0.15) is 22.3 Å². The Kier molecular flexibility index (Phi) is 6.90. The summed E-state index contributed by atoms with van der Waals surface area (Å²) in [5.41, 5.74) is 6.03. The van der Waals surface area contributed by atoms with E-state index in [0.29, 0.717) is 17.2 Å². The Morgan fingerprint density at radius 1 is 1.07 bits per heavy atom. The molecule has 3 N–H and O–H groups in total. The molecule has 3 rings (SSSR count). The Bertz CT molecular complexity index is 1120. The first-order chi connectivity index (χ1) is 14.2. The second kappa shape index (κ2) is 9.41. The van der Waals surface area contributed by atoms with Crippen molar-refractivity contribution in [2.45, 2.75) is 27.3 Å². The van der Waals surface area contributed by atoms with E-state index in [1.54, 1.807) is 0 Å². The van der Waals surface area contributed by atoms with E-state index in [0.717, 1.165) is 35.2 Å². The maximum atomic E-state index is 12.7. The van der Waals surface area contributed by atoms with Gasteiger partial charge in [0.25, 0.3) is 5.56 Å². The Morgan fingerprint density at radius 2 is 1.77 bits per heavy atom. The average Bonchev–Trinajstić information content (AvgIpc) is 2.67. The highest BCUT2D eigenvalue weighted by molar-refractivity contribution is 7.80. The number of anilines is 1. The zero-order valence-electron chi connectivity index (χ0n) is 18.4. The van der Waals surface area contributed by atoms with Gasteiger partial charge in [0.2, 0.25) is 0 Å². The van der Waals surface area contributed by atoms with E-state index in [9.17, 15) is 4.79 Å². The third kappa shape index (κ3) is 5.46. The van der Waals surface area contributed by atoms with Crippen LogP contribution in [0.5, 0.6) is 0 Å². The van der Waals surface area contributed by atoms with Crippen LogP contribution in [0, 0.1) is 20.8 Å². The summed E-state index contributed by atoms with van der Waals surface area (Å²) in [4.78, 5) is 19.1. The molecule has 158 valence electrons. The Labute approximate surface area is 183 Å². The number of nitrogens with one attached hydrogen (secondary N) is 3. The number of rotatable bonds is 6. The van der Waals surface area contributed by atoms with Crippen molar-refractivity contribution in [2.75, 3.05) is 32.5 Å². The van der Waals surface area contributed by atoms with Crippen LogP contribution in [0.3, 0.4) is 0 Å². The molecule has 0 radical (unpaired) electrons. The van der Waals surface area contributed by atoms with E-state index < -0.39 is 0 Å². The summed E-state index contributed by atoms with van der Waals surface area (Å²) >= 11 is 5.75. The highest BCUT2D eigenvalue weighted by Crippen LogP contribution is 2.18. The first kappa shape index (κ1) is 22.0. The number of aromatic nitrogens is 1. The largest absolute Gasteiger partial charge is 0.339 e. The summed E-state index contributed by atoms with van der Waals surface area (Å²) in [5, 5.41) is 5.05. The molecule has 0 aliphatic heterocycles. The molecule has 0 fully saturated rings. The number of quaternary nitrogens is 1. The van der Waals surface area contributed by atoms with Crippen LogP contribution in [0.4, 0.5) is 5.69 Å². The first-order valence-corrected chi connectivity index (χ1v) is 10.7. The molecule has 30 heavy (non-hydrogen) atoms. The molecule has 0 spiro atoms. The fraction of sp³-hybridized carbons (Fsp3) is 0.333. The monoisotopic (exact) mass is 423 g/mol. The van der Waals surface area contributed by atoms with Crippen molar-refractivity contribution in [2.24, 2.45) is 0 Å². The van der Waals surface area contributed by atoms with Gasteiger partial charge in [0, 0.05) is 16.8 Å². The average molecular weight is 424 g/mol. The maximum absolute atomic E-state index is 12.7. The minimum absolute atomic E-state index is 0.0668. The van der Waals surface area contributed by atoms with Gasteiger partial charge in [0.05, 0.1) is 33.7 Å². The van der Waals surface area contributed by atoms with E-state index in [2.05, 4.69) is 74.3 Å². The molecule has 3 aromatic rings. The Morgan fingerprint density at radius 3 is 2.47 bits per heavy atom. The lowest BCUT2D eigenvalue weighted by Gasteiger charge is -2.26. The predicted molar refractivity (Wildman–Crippen MR) is 130 cm³/mol. The normalized spacial score (nSPS) is 11.1. The number of hydrogen-bond donors (Lipinski definition) is 3.